The van der Waals surface area contributed by atoms with Crippen molar-refractivity contribution >= 4 is 17.7 Å². The summed E-state index contributed by atoms with van der Waals surface area (Å²) in [6, 6.07) is 9.70. The number of carbonyl (C=O) groups excluding carboxylic acids is 1. The van der Waals surface area contributed by atoms with Crippen molar-refractivity contribution in [3.8, 4) is 0 Å². The molecule has 3 nitrogen and oxygen atoms in total. The first kappa shape index (κ1) is 12.7. The van der Waals surface area contributed by atoms with E-state index in [2.05, 4.69) is 0 Å². The molecule has 0 bridgehead atoms. The van der Waals surface area contributed by atoms with Gasteiger partial charge in [0.1, 0.15) is 0 Å². The van der Waals surface area contributed by atoms with Crippen molar-refractivity contribution in [1.82, 2.24) is 0 Å². The smallest absolute Gasteiger partial charge is 0.342 e. The van der Waals surface area contributed by atoms with Gasteiger partial charge in [0.2, 0.25) is 5.79 Å². The van der Waals surface area contributed by atoms with Crippen LogP contribution in [0.4, 0.5) is 0 Å². The van der Waals surface area contributed by atoms with Gasteiger partial charge in [-0.05, 0) is 37.0 Å². The van der Waals surface area contributed by atoms with Gasteiger partial charge in [-0.1, -0.05) is 30.3 Å². The molecule has 4 heteroatoms. The third-order valence-corrected chi connectivity index (χ3v) is 6.54. The van der Waals surface area contributed by atoms with Crippen LogP contribution in [0.5, 0.6) is 0 Å². The van der Waals surface area contributed by atoms with Gasteiger partial charge in [0.05, 0.1) is 4.75 Å². The van der Waals surface area contributed by atoms with Gasteiger partial charge in [0.25, 0.3) is 0 Å². The van der Waals surface area contributed by atoms with Crippen LogP contribution in [0.3, 0.4) is 0 Å². The van der Waals surface area contributed by atoms with Crippen molar-refractivity contribution in [2.45, 2.75) is 48.7 Å². The third-order valence-electron chi connectivity index (χ3n) is 4.77. The van der Waals surface area contributed by atoms with Crippen LogP contribution in [0.15, 0.2) is 30.3 Å². The fraction of sp³-hybridized carbons (Fsp3) is 0.562. The van der Waals surface area contributed by atoms with Crippen molar-refractivity contribution in [3.05, 3.63) is 35.9 Å². The molecule has 0 amide bonds. The standard InChI is InChI=1S/C16H18O3S/c17-14-13(12-6-2-1-3-7-12)18-16(19-14)10-4-8-15(16)9-5-11-20-15/h1-3,6-7,13H,4-5,8-11H2/t13-,15-,16-/m1/s1. The Bertz CT molecular complexity index is 518. The molecule has 1 aliphatic carbocycles. The van der Waals surface area contributed by atoms with E-state index < -0.39 is 11.9 Å². The normalized spacial score (nSPS) is 39.8. The molecular weight excluding hydrogens is 272 g/mol. The van der Waals surface area contributed by atoms with Gasteiger partial charge in [0.15, 0.2) is 6.10 Å². The fourth-order valence-electron chi connectivity index (χ4n) is 3.84. The number of hydrogen-bond acceptors (Lipinski definition) is 4. The Labute approximate surface area is 123 Å². The molecule has 0 unspecified atom stereocenters. The molecule has 1 aromatic rings. The van der Waals surface area contributed by atoms with E-state index in [1.54, 1.807) is 0 Å². The molecule has 3 aliphatic rings. The van der Waals surface area contributed by atoms with E-state index in [9.17, 15) is 4.79 Å². The van der Waals surface area contributed by atoms with Gasteiger partial charge in [-0.25, -0.2) is 4.79 Å². The van der Waals surface area contributed by atoms with Crippen molar-refractivity contribution in [2.75, 3.05) is 5.75 Å². The zero-order valence-electron chi connectivity index (χ0n) is 11.3. The molecular formula is C16H18O3S. The van der Waals surface area contributed by atoms with Crippen LogP contribution in [0.2, 0.25) is 0 Å². The quantitative estimate of drug-likeness (QED) is 0.742. The second-order valence-electron chi connectivity index (χ2n) is 5.88. The number of ether oxygens (including phenoxy) is 2. The van der Waals surface area contributed by atoms with Gasteiger partial charge in [-0.2, -0.15) is 0 Å². The molecule has 2 saturated heterocycles. The Kier molecular flexibility index (Phi) is 2.86. The van der Waals surface area contributed by atoms with E-state index >= 15 is 0 Å². The lowest BCUT2D eigenvalue weighted by Crippen LogP contribution is -2.47. The van der Waals surface area contributed by atoms with E-state index in [0.29, 0.717) is 0 Å². The lowest BCUT2D eigenvalue weighted by Gasteiger charge is -2.37. The fourth-order valence-corrected chi connectivity index (χ4v) is 5.51. The minimum Gasteiger partial charge on any atom is -0.429 e. The van der Waals surface area contributed by atoms with Gasteiger partial charge in [0, 0.05) is 6.42 Å². The Morgan fingerprint density at radius 2 is 1.90 bits per heavy atom. The molecule has 0 N–H and O–H groups in total. The van der Waals surface area contributed by atoms with Crippen LogP contribution >= 0.6 is 11.8 Å². The minimum atomic E-state index is -0.675. The van der Waals surface area contributed by atoms with Crippen LogP contribution in [-0.4, -0.2) is 22.3 Å². The van der Waals surface area contributed by atoms with Crippen molar-refractivity contribution in [2.24, 2.45) is 0 Å². The van der Waals surface area contributed by atoms with Crippen LogP contribution in [0.25, 0.3) is 0 Å². The largest absolute Gasteiger partial charge is 0.429 e. The predicted octanol–water partition coefficient (Wildman–Crippen LogP) is 3.45. The van der Waals surface area contributed by atoms with Crippen LogP contribution in [0, 0.1) is 0 Å². The second kappa shape index (κ2) is 4.50. The summed E-state index contributed by atoms with van der Waals surface area (Å²) in [5.41, 5.74) is 0.902. The van der Waals surface area contributed by atoms with E-state index in [4.69, 9.17) is 9.47 Å². The number of rotatable bonds is 1. The maximum atomic E-state index is 12.3. The second-order valence-corrected chi connectivity index (χ2v) is 7.36. The van der Waals surface area contributed by atoms with Crippen LogP contribution in [0.1, 0.15) is 43.8 Å². The van der Waals surface area contributed by atoms with Crippen molar-refractivity contribution in [1.29, 1.82) is 0 Å². The molecule has 0 radical (unpaired) electrons. The SMILES string of the molecule is O=C1O[C@@]2(CCC[C@@]23CCCS3)O[C@@H]1c1ccccc1. The highest BCUT2D eigenvalue weighted by atomic mass is 32.2. The number of fused-ring (bicyclic) bond motifs is 1. The number of thioether (sulfide) groups is 1. The maximum Gasteiger partial charge on any atom is 0.342 e. The molecule has 4 rings (SSSR count). The topological polar surface area (TPSA) is 35.5 Å². The average molecular weight is 290 g/mol. The minimum absolute atomic E-state index is 0.00614. The Hall–Kier alpha value is -1.00. The van der Waals surface area contributed by atoms with E-state index in [-0.39, 0.29) is 10.7 Å². The lowest BCUT2D eigenvalue weighted by atomic mass is 9.96. The lowest BCUT2D eigenvalue weighted by molar-refractivity contribution is -0.186. The molecule has 3 atom stereocenters. The zero-order valence-corrected chi connectivity index (χ0v) is 12.2. The van der Waals surface area contributed by atoms with Gasteiger partial charge in [-0.3, -0.25) is 0 Å². The zero-order chi connectivity index (χ0) is 13.6. The molecule has 106 valence electrons. The molecule has 3 fully saturated rings. The predicted molar refractivity (Wildman–Crippen MR) is 77.4 cm³/mol. The monoisotopic (exact) mass is 290 g/mol. The van der Waals surface area contributed by atoms with Gasteiger partial charge >= 0.3 is 5.97 Å². The summed E-state index contributed by atoms with van der Waals surface area (Å²) in [7, 11) is 0. The van der Waals surface area contributed by atoms with Crippen molar-refractivity contribution < 1.29 is 14.3 Å². The molecule has 20 heavy (non-hydrogen) atoms. The van der Waals surface area contributed by atoms with Crippen LogP contribution < -0.4 is 0 Å². The maximum absolute atomic E-state index is 12.3. The number of benzene rings is 1. The van der Waals surface area contributed by atoms with Gasteiger partial charge < -0.3 is 9.47 Å². The molecule has 1 aromatic carbocycles. The first-order chi connectivity index (χ1) is 9.75. The first-order valence-corrected chi connectivity index (χ1v) is 8.33. The highest BCUT2D eigenvalue weighted by Crippen LogP contribution is 2.60. The Morgan fingerprint density at radius 3 is 2.65 bits per heavy atom. The Balaban J connectivity index is 1.67. The van der Waals surface area contributed by atoms with E-state index in [1.807, 2.05) is 42.1 Å². The number of hydrogen-bond donors (Lipinski definition) is 0. The molecule has 2 heterocycles. The Morgan fingerprint density at radius 1 is 1.10 bits per heavy atom. The number of esters is 1. The summed E-state index contributed by atoms with van der Waals surface area (Å²) in [4.78, 5) is 12.3. The summed E-state index contributed by atoms with van der Waals surface area (Å²) in [5, 5.41) is 0. The summed E-state index contributed by atoms with van der Waals surface area (Å²) < 4.78 is 12.1. The molecule has 1 saturated carbocycles. The summed E-state index contributed by atoms with van der Waals surface area (Å²) in [6.45, 7) is 0. The van der Waals surface area contributed by atoms with Gasteiger partial charge in [-0.15, -0.1) is 11.8 Å². The van der Waals surface area contributed by atoms with Crippen LogP contribution in [-0.2, 0) is 14.3 Å². The summed E-state index contributed by atoms with van der Waals surface area (Å²) in [5.74, 6) is 0.259. The average Bonchev–Trinajstić information content (AvgIpc) is 3.15. The summed E-state index contributed by atoms with van der Waals surface area (Å²) >= 11 is 1.95. The molecule has 2 aliphatic heterocycles. The number of carbonyl (C=O) groups is 1. The van der Waals surface area contributed by atoms with Crippen molar-refractivity contribution in [3.63, 3.8) is 0 Å². The summed E-state index contributed by atoms with van der Waals surface area (Å²) in [6.07, 6.45) is 4.78. The third kappa shape index (κ3) is 1.67. The first-order valence-electron chi connectivity index (χ1n) is 7.34. The molecule has 2 spiro atoms. The highest BCUT2D eigenvalue weighted by Gasteiger charge is 2.65. The van der Waals surface area contributed by atoms with E-state index in [1.165, 1.54) is 6.42 Å². The molecule has 0 aromatic heterocycles. The van der Waals surface area contributed by atoms with E-state index in [0.717, 1.165) is 37.0 Å². The highest BCUT2D eigenvalue weighted by molar-refractivity contribution is 8.01.